The number of pyridine rings is 1. The number of ether oxygens (including phenoxy) is 1. The van der Waals surface area contributed by atoms with Gasteiger partial charge < -0.3 is 9.64 Å². The van der Waals surface area contributed by atoms with Gasteiger partial charge in [-0.25, -0.2) is 0 Å². The minimum atomic E-state index is 0.419. The van der Waals surface area contributed by atoms with Crippen molar-refractivity contribution in [2.75, 3.05) is 19.0 Å². The molecule has 1 aliphatic carbocycles. The van der Waals surface area contributed by atoms with Gasteiger partial charge in [0.15, 0.2) is 5.75 Å². The van der Waals surface area contributed by atoms with Gasteiger partial charge in [0.25, 0.3) is 0 Å². The SMILES string of the molecule is CC(C)c1cncc(OC2CC2)c1N(C)C. The smallest absolute Gasteiger partial charge is 0.161 e. The standard InChI is InChI=1S/C13H20N2O/c1-9(2)11-7-14-8-12(13(11)15(3)4)16-10-5-6-10/h7-10H,5-6H2,1-4H3. The first-order valence-electron chi connectivity index (χ1n) is 5.91. The van der Waals surface area contributed by atoms with Crippen LogP contribution in [-0.4, -0.2) is 25.2 Å². The summed E-state index contributed by atoms with van der Waals surface area (Å²) >= 11 is 0. The molecular formula is C13H20N2O. The van der Waals surface area contributed by atoms with Gasteiger partial charge in [0.05, 0.1) is 18.0 Å². The van der Waals surface area contributed by atoms with E-state index < -0.39 is 0 Å². The van der Waals surface area contributed by atoms with Gasteiger partial charge in [-0.05, 0) is 18.8 Å². The molecule has 1 aliphatic rings. The average Bonchev–Trinajstić information content (AvgIpc) is 3.00. The molecule has 1 aromatic heterocycles. The van der Waals surface area contributed by atoms with Gasteiger partial charge in [-0.15, -0.1) is 0 Å². The quantitative estimate of drug-likeness (QED) is 0.780. The van der Waals surface area contributed by atoms with E-state index in [1.54, 1.807) is 0 Å². The van der Waals surface area contributed by atoms with Crippen molar-refractivity contribution in [3.8, 4) is 5.75 Å². The fourth-order valence-corrected chi connectivity index (χ4v) is 1.80. The normalized spacial score (nSPS) is 15.3. The lowest BCUT2D eigenvalue weighted by atomic mass is 10.0. The van der Waals surface area contributed by atoms with Gasteiger partial charge in [-0.1, -0.05) is 13.8 Å². The van der Waals surface area contributed by atoms with Crippen LogP contribution in [0.1, 0.15) is 38.2 Å². The Kier molecular flexibility index (Phi) is 3.03. The molecule has 16 heavy (non-hydrogen) atoms. The first-order valence-corrected chi connectivity index (χ1v) is 5.91. The number of rotatable bonds is 4. The Balaban J connectivity index is 2.37. The van der Waals surface area contributed by atoms with Crippen LogP contribution >= 0.6 is 0 Å². The van der Waals surface area contributed by atoms with Gasteiger partial charge in [0.2, 0.25) is 0 Å². The monoisotopic (exact) mass is 220 g/mol. The Morgan fingerprint density at radius 2 is 2.00 bits per heavy atom. The number of anilines is 1. The van der Waals surface area contributed by atoms with Crippen LogP contribution < -0.4 is 9.64 Å². The maximum Gasteiger partial charge on any atom is 0.161 e. The summed E-state index contributed by atoms with van der Waals surface area (Å²) in [5.74, 6) is 1.39. The molecule has 88 valence electrons. The van der Waals surface area contributed by atoms with E-state index in [1.165, 1.54) is 24.1 Å². The highest BCUT2D eigenvalue weighted by atomic mass is 16.5. The number of hydrogen-bond acceptors (Lipinski definition) is 3. The molecule has 1 heterocycles. The maximum atomic E-state index is 5.90. The van der Waals surface area contributed by atoms with Gasteiger partial charge in [-0.2, -0.15) is 0 Å². The predicted molar refractivity (Wildman–Crippen MR) is 66.3 cm³/mol. The topological polar surface area (TPSA) is 25.4 Å². The van der Waals surface area contributed by atoms with Crippen molar-refractivity contribution in [3.63, 3.8) is 0 Å². The second-order valence-electron chi connectivity index (χ2n) is 4.94. The van der Waals surface area contributed by atoms with Crippen LogP contribution in [0.25, 0.3) is 0 Å². The lowest BCUT2D eigenvalue weighted by Crippen LogP contribution is -2.15. The van der Waals surface area contributed by atoms with E-state index in [9.17, 15) is 0 Å². The number of hydrogen-bond donors (Lipinski definition) is 0. The molecule has 3 nitrogen and oxygen atoms in total. The molecule has 1 fully saturated rings. The molecule has 0 saturated heterocycles. The molecule has 0 spiro atoms. The Morgan fingerprint density at radius 3 is 2.50 bits per heavy atom. The molecule has 0 bridgehead atoms. The Bertz CT molecular complexity index is 370. The lowest BCUT2D eigenvalue weighted by Gasteiger charge is -2.22. The lowest BCUT2D eigenvalue weighted by molar-refractivity contribution is 0.302. The van der Waals surface area contributed by atoms with Crippen LogP contribution in [0.15, 0.2) is 12.4 Å². The molecule has 1 aromatic rings. The molecular weight excluding hydrogens is 200 g/mol. The van der Waals surface area contributed by atoms with Gasteiger partial charge in [0, 0.05) is 25.9 Å². The summed E-state index contributed by atoms with van der Waals surface area (Å²) < 4.78 is 5.90. The van der Waals surface area contributed by atoms with Crippen molar-refractivity contribution < 1.29 is 4.74 Å². The number of aromatic nitrogens is 1. The summed E-state index contributed by atoms with van der Waals surface area (Å²) in [4.78, 5) is 6.40. The van der Waals surface area contributed by atoms with E-state index in [4.69, 9.17) is 4.74 Å². The summed E-state index contributed by atoms with van der Waals surface area (Å²) in [6.45, 7) is 4.37. The summed E-state index contributed by atoms with van der Waals surface area (Å²) in [5, 5.41) is 0. The Morgan fingerprint density at radius 1 is 1.31 bits per heavy atom. The first-order chi connectivity index (χ1) is 7.59. The van der Waals surface area contributed by atoms with Crippen molar-refractivity contribution in [1.29, 1.82) is 0 Å². The van der Waals surface area contributed by atoms with Crippen LogP contribution in [0.2, 0.25) is 0 Å². The van der Waals surface area contributed by atoms with Crippen LogP contribution in [0.4, 0.5) is 5.69 Å². The molecule has 2 rings (SSSR count). The maximum absolute atomic E-state index is 5.90. The minimum absolute atomic E-state index is 0.419. The Hall–Kier alpha value is -1.25. The summed E-state index contributed by atoms with van der Waals surface area (Å²) in [7, 11) is 4.11. The second-order valence-corrected chi connectivity index (χ2v) is 4.94. The molecule has 0 N–H and O–H groups in total. The van der Waals surface area contributed by atoms with E-state index in [1.807, 2.05) is 12.4 Å². The molecule has 0 amide bonds. The van der Waals surface area contributed by atoms with E-state index in [-0.39, 0.29) is 0 Å². The van der Waals surface area contributed by atoms with Crippen LogP contribution in [0.5, 0.6) is 5.75 Å². The molecule has 0 unspecified atom stereocenters. The number of nitrogens with zero attached hydrogens (tertiary/aromatic N) is 2. The average molecular weight is 220 g/mol. The summed E-state index contributed by atoms with van der Waals surface area (Å²) in [6, 6.07) is 0. The third-order valence-electron chi connectivity index (χ3n) is 2.80. The molecule has 0 radical (unpaired) electrons. The zero-order chi connectivity index (χ0) is 11.7. The van der Waals surface area contributed by atoms with Crippen molar-refractivity contribution in [3.05, 3.63) is 18.0 Å². The third kappa shape index (κ3) is 2.29. The first kappa shape index (κ1) is 11.2. The molecule has 0 aliphatic heterocycles. The molecule has 1 saturated carbocycles. The summed E-state index contributed by atoms with van der Waals surface area (Å²) in [6.07, 6.45) is 6.56. The molecule has 0 aromatic carbocycles. The van der Waals surface area contributed by atoms with E-state index in [2.05, 4.69) is 37.8 Å². The highest BCUT2D eigenvalue weighted by Gasteiger charge is 2.26. The van der Waals surface area contributed by atoms with Crippen molar-refractivity contribution in [1.82, 2.24) is 4.98 Å². The van der Waals surface area contributed by atoms with Gasteiger partial charge in [0.1, 0.15) is 0 Å². The van der Waals surface area contributed by atoms with Crippen molar-refractivity contribution in [2.45, 2.75) is 38.7 Å². The van der Waals surface area contributed by atoms with Crippen molar-refractivity contribution in [2.24, 2.45) is 0 Å². The van der Waals surface area contributed by atoms with E-state index in [0.29, 0.717) is 12.0 Å². The zero-order valence-corrected chi connectivity index (χ0v) is 10.5. The zero-order valence-electron chi connectivity index (χ0n) is 10.5. The Labute approximate surface area is 97.4 Å². The summed E-state index contributed by atoms with van der Waals surface area (Å²) in [5.41, 5.74) is 2.43. The molecule has 3 heteroatoms. The van der Waals surface area contributed by atoms with Gasteiger partial charge in [-0.3, -0.25) is 4.98 Å². The third-order valence-corrected chi connectivity index (χ3v) is 2.80. The fourth-order valence-electron chi connectivity index (χ4n) is 1.80. The van der Waals surface area contributed by atoms with Crippen LogP contribution in [-0.2, 0) is 0 Å². The highest BCUT2D eigenvalue weighted by Crippen LogP contribution is 2.37. The van der Waals surface area contributed by atoms with E-state index in [0.717, 1.165) is 5.75 Å². The minimum Gasteiger partial charge on any atom is -0.487 e. The van der Waals surface area contributed by atoms with Gasteiger partial charge >= 0.3 is 0 Å². The predicted octanol–water partition coefficient (Wildman–Crippen LogP) is 2.81. The van der Waals surface area contributed by atoms with E-state index >= 15 is 0 Å². The second kappa shape index (κ2) is 4.32. The highest BCUT2D eigenvalue weighted by molar-refractivity contribution is 5.62. The largest absolute Gasteiger partial charge is 0.487 e. The molecule has 0 atom stereocenters. The fraction of sp³-hybridized carbons (Fsp3) is 0.615. The van der Waals surface area contributed by atoms with Crippen LogP contribution in [0.3, 0.4) is 0 Å². The van der Waals surface area contributed by atoms with Crippen LogP contribution in [0, 0.1) is 0 Å². The van der Waals surface area contributed by atoms with Crippen molar-refractivity contribution >= 4 is 5.69 Å².